The lowest BCUT2D eigenvalue weighted by Gasteiger charge is -2.09. The molecule has 1 N–H and O–H groups in total. The number of amides is 1. The number of rotatable bonds is 5. The predicted octanol–water partition coefficient (Wildman–Crippen LogP) is 6.48. The van der Waals surface area contributed by atoms with Crippen LogP contribution < -0.4 is 5.32 Å². The number of aromatic nitrogens is 2. The van der Waals surface area contributed by atoms with Gasteiger partial charge in [0.05, 0.1) is 11.2 Å². The van der Waals surface area contributed by atoms with Crippen molar-refractivity contribution in [3.8, 4) is 0 Å². The van der Waals surface area contributed by atoms with Crippen molar-refractivity contribution in [1.29, 1.82) is 0 Å². The Morgan fingerprint density at radius 1 is 0.931 bits per heavy atom. The van der Waals surface area contributed by atoms with E-state index in [2.05, 4.69) is 15.3 Å². The summed E-state index contributed by atoms with van der Waals surface area (Å²) in [4.78, 5) is 21.3. The smallest absolute Gasteiger partial charge is 0.275 e. The fraction of sp³-hybridized carbons (Fsp3) is 0.0455. The quantitative estimate of drug-likeness (QED) is 0.285. The zero-order valence-electron chi connectivity index (χ0n) is 15.1. The summed E-state index contributed by atoms with van der Waals surface area (Å²) >= 11 is 13.8. The first-order valence-electron chi connectivity index (χ1n) is 8.79. The van der Waals surface area contributed by atoms with Crippen molar-refractivity contribution in [3.63, 3.8) is 0 Å². The number of hydrogen-bond acceptors (Lipinski definition) is 4. The van der Waals surface area contributed by atoms with Gasteiger partial charge in [0.2, 0.25) is 0 Å². The van der Waals surface area contributed by atoms with Gasteiger partial charge < -0.3 is 5.32 Å². The van der Waals surface area contributed by atoms with Gasteiger partial charge in [0.25, 0.3) is 5.91 Å². The summed E-state index contributed by atoms with van der Waals surface area (Å²) in [6.07, 6.45) is 1.44. The van der Waals surface area contributed by atoms with E-state index in [4.69, 9.17) is 23.2 Å². The summed E-state index contributed by atoms with van der Waals surface area (Å²) in [6.45, 7) is 0. The topological polar surface area (TPSA) is 54.9 Å². The van der Waals surface area contributed by atoms with Crippen molar-refractivity contribution >= 4 is 57.3 Å². The van der Waals surface area contributed by atoms with Gasteiger partial charge in [0.1, 0.15) is 0 Å². The van der Waals surface area contributed by atoms with Gasteiger partial charge in [-0.05, 0) is 34.5 Å². The van der Waals surface area contributed by atoms with Gasteiger partial charge in [0.15, 0.2) is 10.9 Å². The lowest BCUT2D eigenvalue weighted by atomic mass is 10.1. The molecule has 0 spiro atoms. The molecule has 0 atom stereocenters. The van der Waals surface area contributed by atoms with Gasteiger partial charge in [-0.3, -0.25) is 4.79 Å². The average molecular weight is 440 g/mol. The highest BCUT2D eigenvalue weighted by atomic mass is 35.5. The average Bonchev–Trinajstić information content (AvgIpc) is 2.74. The van der Waals surface area contributed by atoms with E-state index in [1.54, 1.807) is 0 Å². The molecule has 7 heteroatoms. The van der Waals surface area contributed by atoms with E-state index in [0.29, 0.717) is 21.6 Å². The third-order valence-corrected chi connectivity index (χ3v) is 5.81. The van der Waals surface area contributed by atoms with E-state index in [0.717, 1.165) is 16.3 Å². The van der Waals surface area contributed by atoms with Crippen LogP contribution >= 0.6 is 35.0 Å². The first-order valence-corrected chi connectivity index (χ1v) is 10.5. The summed E-state index contributed by atoms with van der Waals surface area (Å²) in [6, 6.07) is 21.2. The van der Waals surface area contributed by atoms with E-state index in [1.165, 1.54) is 18.0 Å². The van der Waals surface area contributed by atoms with Crippen molar-refractivity contribution < 1.29 is 4.79 Å². The molecular formula is C22H15Cl2N3OS. The van der Waals surface area contributed by atoms with Crippen LogP contribution in [0.5, 0.6) is 0 Å². The molecule has 1 heterocycles. The molecule has 0 saturated heterocycles. The number of benzene rings is 3. The minimum atomic E-state index is -0.382. The largest absolute Gasteiger partial charge is 0.321 e. The number of hydrogen-bond donors (Lipinski definition) is 1. The maximum absolute atomic E-state index is 12.7. The van der Waals surface area contributed by atoms with Gasteiger partial charge in [0, 0.05) is 16.5 Å². The van der Waals surface area contributed by atoms with Gasteiger partial charge in [-0.15, -0.1) is 0 Å². The van der Waals surface area contributed by atoms with Crippen molar-refractivity contribution in [2.75, 3.05) is 5.32 Å². The molecule has 144 valence electrons. The van der Waals surface area contributed by atoms with E-state index in [9.17, 15) is 4.79 Å². The van der Waals surface area contributed by atoms with E-state index in [-0.39, 0.29) is 16.6 Å². The zero-order valence-corrected chi connectivity index (χ0v) is 17.4. The fourth-order valence-corrected chi connectivity index (χ4v) is 4.07. The summed E-state index contributed by atoms with van der Waals surface area (Å²) in [5, 5.41) is 6.33. The fourth-order valence-electron chi connectivity index (χ4n) is 2.79. The molecular weight excluding hydrogens is 425 g/mol. The van der Waals surface area contributed by atoms with Crippen molar-refractivity contribution in [1.82, 2.24) is 9.97 Å². The number of halogens is 2. The number of nitrogens with one attached hydrogen (secondary N) is 1. The maximum Gasteiger partial charge on any atom is 0.275 e. The number of thioether (sulfide) groups is 1. The number of fused-ring (bicyclic) bond motifs is 1. The van der Waals surface area contributed by atoms with Crippen LogP contribution in [0.25, 0.3) is 10.8 Å². The number of nitrogens with zero attached hydrogens (tertiary/aromatic N) is 2. The molecule has 1 amide bonds. The highest BCUT2D eigenvalue weighted by Gasteiger charge is 2.15. The SMILES string of the molecule is O=C(Nc1ccc2ccccc2c1)c1nc(SCc2ccccc2Cl)ncc1Cl. The van der Waals surface area contributed by atoms with Crippen LogP contribution in [0.15, 0.2) is 78.1 Å². The van der Waals surface area contributed by atoms with E-state index < -0.39 is 0 Å². The predicted molar refractivity (Wildman–Crippen MR) is 120 cm³/mol. The number of anilines is 1. The standard InChI is InChI=1S/C22H15Cl2N3OS/c23-18-8-4-3-7-16(18)13-29-22-25-12-19(24)20(27-22)21(28)26-17-10-9-14-5-1-2-6-15(14)11-17/h1-12H,13H2,(H,26,28). The lowest BCUT2D eigenvalue weighted by molar-refractivity contribution is 0.102. The number of carbonyl (C=O) groups excluding carboxylic acids is 1. The molecule has 29 heavy (non-hydrogen) atoms. The monoisotopic (exact) mass is 439 g/mol. The Kier molecular flexibility index (Phi) is 6.00. The Labute approximate surface area is 182 Å². The molecule has 0 unspecified atom stereocenters. The summed E-state index contributed by atoms with van der Waals surface area (Å²) in [5.41, 5.74) is 1.78. The Balaban J connectivity index is 1.51. The van der Waals surface area contributed by atoms with Crippen LogP contribution in [-0.2, 0) is 5.75 Å². The van der Waals surface area contributed by atoms with Crippen LogP contribution in [0.2, 0.25) is 10.0 Å². The molecule has 0 fully saturated rings. The second-order valence-electron chi connectivity index (χ2n) is 6.25. The third kappa shape index (κ3) is 4.70. The highest BCUT2D eigenvalue weighted by Crippen LogP contribution is 2.26. The van der Waals surface area contributed by atoms with E-state index >= 15 is 0 Å². The molecule has 0 aliphatic carbocycles. The molecule has 3 aromatic carbocycles. The van der Waals surface area contributed by atoms with E-state index in [1.807, 2.05) is 66.7 Å². The molecule has 0 aliphatic heterocycles. The first-order chi connectivity index (χ1) is 14.1. The Morgan fingerprint density at radius 2 is 1.69 bits per heavy atom. The number of carbonyl (C=O) groups is 1. The van der Waals surface area contributed by atoms with Gasteiger partial charge in [-0.1, -0.05) is 83.5 Å². The van der Waals surface area contributed by atoms with Crippen molar-refractivity contribution in [2.45, 2.75) is 10.9 Å². The van der Waals surface area contributed by atoms with Crippen molar-refractivity contribution in [3.05, 3.63) is 94.2 Å². The third-order valence-electron chi connectivity index (χ3n) is 4.26. The van der Waals surface area contributed by atoms with Gasteiger partial charge >= 0.3 is 0 Å². The lowest BCUT2D eigenvalue weighted by Crippen LogP contribution is -2.15. The second kappa shape index (κ2) is 8.82. The Bertz CT molecular complexity index is 1200. The first kappa shape index (κ1) is 19.7. The van der Waals surface area contributed by atoms with Crippen LogP contribution in [-0.4, -0.2) is 15.9 Å². The summed E-state index contributed by atoms with van der Waals surface area (Å²) in [5.74, 6) is 0.208. The van der Waals surface area contributed by atoms with Gasteiger partial charge in [-0.2, -0.15) is 0 Å². The normalized spacial score (nSPS) is 10.8. The molecule has 4 nitrogen and oxygen atoms in total. The van der Waals surface area contributed by atoms with Crippen LogP contribution in [0, 0.1) is 0 Å². The highest BCUT2D eigenvalue weighted by molar-refractivity contribution is 7.98. The van der Waals surface area contributed by atoms with Gasteiger partial charge in [-0.25, -0.2) is 9.97 Å². The van der Waals surface area contributed by atoms with Crippen LogP contribution in [0.4, 0.5) is 5.69 Å². The van der Waals surface area contributed by atoms with Crippen LogP contribution in [0.3, 0.4) is 0 Å². The summed E-state index contributed by atoms with van der Waals surface area (Å²) in [7, 11) is 0. The molecule has 0 aliphatic rings. The summed E-state index contributed by atoms with van der Waals surface area (Å²) < 4.78 is 0. The maximum atomic E-state index is 12.7. The Morgan fingerprint density at radius 3 is 2.52 bits per heavy atom. The minimum Gasteiger partial charge on any atom is -0.321 e. The minimum absolute atomic E-state index is 0.136. The molecule has 0 saturated carbocycles. The molecule has 1 aromatic heterocycles. The zero-order chi connectivity index (χ0) is 20.2. The molecule has 0 bridgehead atoms. The second-order valence-corrected chi connectivity index (χ2v) is 8.00. The van der Waals surface area contributed by atoms with Crippen LogP contribution in [0.1, 0.15) is 16.1 Å². The molecule has 0 radical (unpaired) electrons. The van der Waals surface area contributed by atoms with Crippen molar-refractivity contribution in [2.24, 2.45) is 0 Å². The molecule has 4 rings (SSSR count). The molecule has 4 aromatic rings. The Hall–Kier alpha value is -2.60.